The Hall–Kier alpha value is -1.91. The number of amides is 2. The average Bonchev–Trinajstić information content (AvgIpc) is 2.42. The summed E-state index contributed by atoms with van der Waals surface area (Å²) >= 11 is 0. The normalized spacial score (nSPS) is 23.1. The third-order valence-corrected chi connectivity index (χ3v) is 3.76. The van der Waals surface area contributed by atoms with E-state index in [0.29, 0.717) is 13.0 Å². The molecule has 0 spiro atoms. The van der Waals surface area contributed by atoms with E-state index in [1.807, 2.05) is 39.8 Å². The zero-order valence-electron chi connectivity index (χ0n) is 13.1. The Bertz CT molecular complexity index is 522. The third kappa shape index (κ3) is 3.23. The number of hydrogen-bond donors (Lipinski definition) is 1. The number of rotatable bonds is 3. The van der Waals surface area contributed by atoms with Crippen LogP contribution in [-0.4, -0.2) is 33.8 Å². The van der Waals surface area contributed by atoms with Crippen LogP contribution in [0.4, 0.5) is 0 Å². The first-order valence-electron chi connectivity index (χ1n) is 7.34. The number of carbonyl (C=O) groups excluding carboxylic acids is 2. The Morgan fingerprint density at radius 1 is 1.33 bits per heavy atom. The maximum absolute atomic E-state index is 12.7. The molecule has 1 N–H and O–H groups in total. The molecule has 2 heterocycles. The number of hydrogen-bond acceptors (Lipinski definition) is 3. The number of nitrogens with zero attached hydrogens (tertiary/aromatic N) is 2. The van der Waals surface area contributed by atoms with Crippen molar-refractivity contribution in [3.8, 4) is 0 Å². The molecule has 0 radical (unpaired) electrons. The molecule has 0 bridgehead atoms. The van der Waals surface area contributed by atoms with Crippen LogP contribution in [0.1, 0.15) is 39.7 Å². The van der Waals surface area contributed by atoms with E-state index in [1.165, 1.54) is 0 Å². The Labute approximate surface area is 125 Å². The van der Waals surface area contributed by atoms with Crippen molar-refractivity contribution in [1.82, 2.24) is 15.2 Å². The Balaban J connectivity index is 2.34. The number of carbonyl (C=O) groups is 2. The van der Waals surface area contributed by atoms with Crippen LogP contribution in [0.2, 0.25) is 0 Å². The summed E-state index contributed by atoms with van der Waals surface area (Å²) in [4.78, 5) is 30.9. The van der Waals surface area contributed by atoms with Crippen LogP contribution in [0.15, 0.2) is 24.5 Å². The number of pyridine rings is 1. The zero-order chi connectivity index (χ0) is 15.6. The van der Waals surface area contributed by atoms with Crippen LogP contribution in [-0.2, 0) is 16.1 Å². The minimum absolute atomic E-state index is 0.0131. The highest BCUT2D eigenvalue weighted by atomic mass is 16.2. The van der Waals surface area contributed by atoms with E-state index in [9.17, 15) is 9.59 Å². The largest absolute Gasteiger partial charge is 0.342 e. The maximum atomic E-state index is 12.7. The Morgan fingerprint density at radius 3 is 2.57 bits per heavy atom. The van der Waals surface area contributed by atoms with Gasteiger partial charge in [-0.05, 0) is 23.5 Å². The summed E-state index contributed by atoms with van der Waals surface area (Å²) in [6.07, 6.45) is 4.04. The van der Waals surface area contributed by atoms with E-state index in [2.05, 4.69) is 10.3 Å². The van der Waals surface area contributed by atoms with Gasteiger partial charge in [-0.15, -0.1) is 0 Å². The molecule has 2 rings (SSSR count). The molecule has 21 heavy (non-hydrogen) atoms. The SMILES string of the molecule is CCC1NC(=O)C(C(C)(C)C)N(Cc2cccnc2)C1=O. The summed E-state index contributed by atoms with van der Waals surface area (Å²) in [6, 6.07) is 2.88. The van der Waals surface area contributed by atoms with E-state index >= 15 is 0 Å². The van der Waals surface area contributed by atoms with Crippen LogP contribution in [0, 0.1) is 5.41 Å². The molecule has 2 amide bonds. The van der Waals surface area contributed by atoms with Crippen molar-refractivity contribution < 1.29 is 9.59 Å². The molecule has 0 saturated carbocycles. The second-order valence-corrected chi connectivity index (χ2v) is 6.57. The molecule has 0 aliphatic carbocycles. The topological polar surface area (TPSA) is 62.3 Å². The second-order valence-electron chi connectivity index (χ2n) is 6.57. The van der Waals surface area contributed by atoms with E-state index in [0.717, 1.165) is 5.56 Å². The highest BCUT2D eigenvalue weighted by Crippen LogP contribution is 2.29. The zero-order valence-corrected chi connectivity index (χ0v) is 13.1. The number of nitrogens with one attached hydrogen (secondary N) is 1. The van der Waals surface area contributed by atoms with E-state index in [4.69, 9.17) is 0 Å². The van der Waals surface area contributed by atoms with Gasteiger partial charge in [-0.1, -0.05) is 33.8 Å². The minimum Gasteiger partial charge on any atom is -0.342 e. The van der Waals surface area contributed by atoms with Gasteiger partial charge in [0.25, 0.3) is 0 Å². The van der Waals surface area contributed by atoms with Gasteiger partial charge in [-0.3, -0.25) is 14.6 Å². The molecule has 5 nitrogen and oxygen atoms in total. The Morgan fingerprint density at radius 2 is 2.05 bits per heavy atom. The summed E-state index contributed by atoms with van der Waals surface area (Å²) in [5.74, 6) is -0.0845. The van der Waals surface area contributed by atoms with Crippen LogP contribution >= 0.6 is 0 Å². The van der Waals surface area contributed by atoms with Gasteiger partial charge in [0.05, 0.1) is 0 Å². The van der Waals surface area contributed by atoms with E-state index in [1.54, 1.807) is 17.3 Å². The molecule has 5 heteroatoms. The van der Waals surface area contributed by atoms with Crippen molar-refractivity contribution in [2.75, 3.05) is 0 Å². The molecule has 1 aliphatic rings. The first-order valence-corrected chi connectivity index (χ1v) is 7.34. The van der Waals surface area contributed by atoms with E-state index in [-0.39, 0.29) is 17.2 Å². The van der Waals surface area contributed by atoms with E-state index < -0.39 is 12.1 Å². The van der Waals surface area contributed by atoms with Crippen molar-refractivity contribution in [1.29, 1.82) is 0 Å². The van der Waals surface area contributed by atoms with Crippen molar-refractivity contribution in [2.45, 2.75) is 52.7 Å². The fraction of sp³-hybridized carbons (Fsp3) is 0.562. The lowest BCUT2D eigenvalue weighted by molar-refractivity contribution is -0.154. The van der Waals surface area contributed by atoms with Gasteiger partial charge in [0.1, 0.15) is 12.1 Å². The highest BCUT2D eigenvalue weighted by molar-refractivity contribution is 5.97. The van der Waals surface area contributed by atoms with Gasteiger partial charge in [0, 0.05) is 18.9 Å². The fourth-order valence-electron chi connectivity index (χ4n) is 2.78. The summed E-state index contributed by atoms with van der Waals surface area (Å²) in [7, 11) is 0. The van der Waals surface area contributed by atoms with Crippen molar-refractivity contribution in [2.24, 2.45) is 5.41 Å². The lowest BCUT2D eigenvalue weighted by Crippen LogP contribution is -2.66. The first kappa shape index (κ1) is 15.5. The number of piperazine rings is 1. The lowest BCUT2D eigenvalue weighted by Gasteiger charge is -2.44. The van der Waals surface area contributed by atoms with Crippen molar-refractivity contribution >= 4 is 11.8 Å². The minimum atomic E-state index is -0.465. The second kappa shape index (κ2) is 5.84. The summed E-state index contributed by atoms with van der Waals surface area (Å²) in [5, 5.41) is 2.84. The molecule has 2 unspecified atom stereocenters. The van der Waals surface area contributed by atoms with Gasteiger partial charge in [-0.25, -0.2) is 0 Å². The average molecular weight is 289 g/mol. The fourth-order valence-corrected chi connectivity index (χ4v) is 2.78. The molecule has 1 aromatic rings. The maximum Gasteiger partial charge on any atom is 0.246 e. The molecule has 1 fully saturated rings. The van der Waals surface area contributed by atoms with Crippen LogP contribution in [0.3, 0.4) is 0 Å². The molecule has 1 aliphatic heterocycles. The van der Waals surface area contributed by atoms with Gasteiger partial charge >= 0.3 is 0 Å². The lowest BCUT2D eigenvalue weighted by atomic mass is 9.82. The monoisotopic (exact) mass is 289 g/mol. The molecule has 2 atom stereocenters. The van der Waals surface area contributed by atoms with Gasteiger partial charge in [0.15, 0.2) is 0 Å². The summed E-state index contributed by atoms with van der Waals surface area (Å²) in [6.45, 7) is 8.26. The quantitative estimate of drug-likeness (QED) is 0.922. The molecule has 114 valence electrons. The van der Waals surface area contributed by atoms with Crippen molar-refractivity contribution in [3.05, 3.63) is 30.1 Å². The predicted octanol–water partition coefficient (Wildman–Crippen LogP) is 1.73. The summed E-state index contributed by atoms with van der Waals surface area (Å²) in [5.41, 5.74) is 0.616. The third-order valence-electron chi connectivity index (χ3n) is 3.76. The summed E-state index contributed by atoms with van der Waals surface area (Å²) < 4.78 is 0. The van der Waals surface area contributed by atoms with Crippen LogP contribution in [0.25, 0.3) is 0 Å². The Kier molecular flexibility index (Phi) is 4.30. The number of aromatic nitrogens is 1. The smallest absolute Gasteiger partial charge is 0.246 e. The predicted molar refractivity (Wildman–Crippen MR) is 80.3 cm³/mol. The molecule has 0 aromatic carbocycles. The van der Waals surface area contributed by atoms with Crippen LogP contribution < -0.4 is 5.32 Å². The van der Waals surface area contributed by atoms with Gasteiger partial charge < -0.3 is 10.2 Å². The highest BCUT2D eigenvalue weighted by Gasteiger charge is 2.45. The molecule has 1 saturated heterocycles. The van der Waals surface area contributed by atoms with Crippen molar-refractivity contribution in [3.63, 3.8) is 0 Å². The standard InChI is InChI=1S/C16H23N3O2/c1-5-12-15(21)19(10-11-7-6-8-17-9-11)13(14(20)18-12)16(2,3)4/h6-9,12-13H,5,10H2,1-4H3,(H,18,20). The molecular formula is C16H23N3O2. The van der Waals surface area contributed by atoms with Crippen LogP contribution in [0.5, 0.6) is 0 Å². The molecule has 1 aromatic heterocycles. The molecular weight excluding hydrogens is 266 g/mol. The van der Waals surface area contributed by atoms with Gasteiger partial charge in [0.2, 0.25) is 11.8 Å². The first-order chi connectivity index (χ1) is 9.84. The van der Waals surface area contributed by atoms with Gasteiger partial charge in [-0.2, -0.15) is 0 Å².